The number of likely N-dealkylation sites (N-methyl/N-ethyl adjacent to an activating group) is 1. The van der Waals surface area contributed by atoms with Gasteiger partial charge in [-0.3, -0.25) is 19.2 Å². The van der Waals surface area contributed by atoms with Crippen LogP contribution < -0.4 is 21.3 Å². The molecule has 0 radical (unpaired) electrons. The summed E-state index contributed by atoms with van der Waals surface area (Å²) in [7, 11) is 1.70. The molecular formula is C19H28ArN4O4. The first-order valence-corrected chi connectivity index (χ1v) is 9.19. The van der Waals surface area contributed by atoms with E-state index in [1.165, 1.54) is 13.8 Å². The van der Waals surface area contributed by atoms with E-state index in [4.69, 9.17) is 0 Å². The number of carbonyl (C=O) groups excluding carboxylic acids is 4. The van der Waals surface area contributed by atoms with Crippen LogP contribution in [0.2, 0.25) is 0 Å². The molecule has 1 heterocycles. The van der Waals surface area contributed by atoms with E-state index in [1.807, 2.05) is 18.2 Å². The zero-order chi connectivity index (χ0) is 20.1. The fourth-order valence-electron chi connectivity index (χ4n) is 3.16. The van der Waals surface area contributed by atoms with E-state index >= 15 is 0 Å². The van der Waals surface area contributed by atoms with Crippen molar-refractivity contribution in [1.82, 2.24) is 21.3 Å². The first kappa shape index (κ1) is 24.8. The third-order valence-corrected chi connectivity index (χ3v) is 4.91. The zero-order valence-electron chi connectivity index (χ0n) is 16.5. The first-order valence-electron chi connectivity index (χ1n) is 9.19. The van der Waals surface area contributed by atoms with E-state index in [-0.39, 0.29) is 55.3 Å². The molecule has 5 unspecified atom stereocenters. The SMILES string of the molecule is CNC1CC2C=CC(=C2)CC(C(C)=O)NC(=O)C(C)NC(=O)C(C)NC1=O.[Ar]. The van der Waals surface area contributed by atoms with Gasteiger partial charge in [0.05, 0.1) is 12.1 Å². The maximum absolute atomic E-state index is 12.5. The van der Waals surface area contributed by atoms with Crippen molar-refractivity contribution in [3.8, 4) is 0 Å². The maximum atomic E-state index is 12.5. The molecule has 0 aromatic heterocycles. The summed E-state index contributed by atoms with van der Waals surface area (Å²) in [4.78, 5) is 49.1. The molecule has 28 heavy (non-hydrogen) atoms. The molecule has 2 bridgehead atoms. The number of rotatable bonds is 2. The summed E-state index contributed by atoms with van der Waals surface area (Å²) in [5.41, 5.74) is 0.940. The van der Waals surface area contributed by atoms with Crippen molar-refractivity contribution in [3.63, 3.8) is 0 Å². The van der Waals surface area contributed by atoms with E-state index in [1.54, 1.807) is 14.0 Å². The number of nitrogens with one attached hydrogen (secondary N) is 4. The molecule has 0 aromatic carbocycles. The molecule has 2 aliphatic rings. The van der Waals surface area contributed by atoms with Crippen LogP contribution in [0.5, 0.6) is 0 Å². The molecule has 1 aliphatic carbocycles. The smallest absolute Gasteiger partial charge is 0.242 e. The fourth-order valence-corrected chi connectivity index (χ4v) is 3.16. The first-order chi connectivity index (χ1) is 12.7. The van der Waals surface area contributed by atoms with Gasteiger partial charge in [-0.1, -0.05) is 18.2 Å². The summed E-state index contributed by atoms with van der Waals surface area (Å²) in [6, 6.07) is -2.74. The molecule has 0 fully saturated rings. The van der Waals surface area contributed by atoms with Gasteiger partial charge in [-0.25, -0.2) is 0 Å². The molecule has 3 amide bonds. The van der Waals surface area contributed by atoms with Crippen molar-refractivity contribution in [3.05, 3.63) is 23.8 Å². The summed E-state index contributed by atoms with van der Waals surface area (Å²) in [6.07, 6.45) is 6.83. The topological polar surface area (TPSA) is 116 Å². The van der Waals surface area contributed by atoms with Gasteiger partial charge in [0.25, 0.3) is 0 Å². The minimum atomic E-state index is -0.829. The number of carbonyl (C=O) groups is 4. The Bertz CT molecular complexity index is 691. The van der Waals surface area contributed by atoms with E-state index in [9.17, 15) is 19.2 Å². The summed E-state index contributed by atoms with van der Waals surface area (Å²) in [5, 5.41) is 10.9. The molecule has 4 N–H and O–H groups in total. The van der Waals surface area contributed by atoms with Crippen LogP contribution in [0.3, 0.4) is 0 Å². The number of amides is 3. The van der Waals surface area contributed by atoms with Gasteiger partial charge in [0.1, 0.15) is 12.1 Å². The summed E-state index contributed by atoms with van der Waals surface area (Å²) in [6.45, 7) is 4.54. The van der Waals surface area contributed by atoms with Crippen molar-refractivity contribution in [1.29, 1.82) is 0 Å². The van der Waals surface area contributed by atoms with Crippen molar-refractivity contribution >= 4 is 23.5 Å². The second-order valence-electron chi connectivity index (χ2n) is 7.18. The number of fused-ring (bicyclic) bond motifs is 1. The molecule has 0 spiro atoms. The molecule has 2 rings (SSSR count). The Morgan fingerprint density at radius 1 is 1.04 bits per heavy atom. The Hall–Kier alpha value is -1.22. The predicted molar refractivity (Wildman–Crippen MR) is 101 cm³/mol. The van der Waals surface area contributed by atoms with Gasteiger partial charge >= 0.3 is 0 Å². The average molecular weight is 416 g/mol. The summed E-state index contributed by atoms with van der Waals surface area (Å²) < 4.78 is 0. The van der Waals surface area contributed by atoms with Crippen molar-refractivity contribution < 1.29 is 56.9 Å². The van der Waals surface area contributed by atoms with Crippen LogP contribution in [-0.2, 0) is 19.2 Å². The van der Waals surface area contributed by atoms with Gasteiger partial charge in [0.15, 0.2) is 5.78 Å². The van der Waals surface area contributed by atoms with Crippen LogP contribution in [0.4, 0.5) is 0 Å². The molecular weight excluding hydrogens is 388 g/mol. The normalized spacial score (nSPS) is 31.4. The van der Waals surface area contributed by atoms with Crippen LogP contribution in [0.15, 0.2) is 23.8 Å². The molecule has 156 valence electrons. The molecule has 5 atom stereocenters. The zero-order valence-corrected chi connectivity index (χ0v) is 17.2. The van der Waals surface area contributed by atoms with Gasteiger partial charge < -0.3 is 21.3 Å². The summed E-state index contributed by atoms with van der Waals surface area (Å²) in [5.74, 6) is -1.28. The second-order valence-corrected chi connectivity index (χ2v) is 7.18. The molecule has 8 nitrogen and oxygen atoms in total. The Labute approximate surface area is 195 Å². The maximum Gasteiger partial charge on any atom is 0.242 e. The van der Waals surface area contributed by atoms with Crippen LogP contribution in [0.1, 0.15) is 33.6 Å². The molecule has 0 aromatic rings. The molecule has 0 saturated heterocycles. The standard InChI is InChI=1S/C19H28N4O4.Ar/c1-10-17(25)21-11(2)18(26)23-15(12(3)24)8-13-5-6-14(7-13)9-16(20-4)19(27)22-10;/h5-7,10-11,14-16,20H,8-9H2,1-4H3,(H,21,25)(H,22,27)(H,23,26);. The van der Waals surface area contributed by atoms with Crippen LogP contribution in [0.25, 0.3) is 0 Å². The van der Waals surface area contributed by atoms with E-state index in [0.717, 1.165) is 5.57 Å². The number of allylic oxidation sites excluding steroid dienone is 3. The van der Waals surface area contributed by atoms with Gasteiger partial charge in [-0.05, 0) is 52.2 Å². The minimum absolute atomic E-state index is 0. The fraction of sp³-hybridized carbons (Fsp3) is 0.579. The average Bonchev–Trinajstić information content (AvgIpc) is 3.04. The Morgan fingerprint density at radius 3 is 2.18 bits per heavy atom. The monoisotopic (exact) mass is 416 g/mol. The van der Waals surface area contributed by atoms with Crippen LogP contribution >= 0.6 is 0 Å². The van der Waals surface area contributed by atoms with Crippen LogP contribution in [0, 0.1) is 43.7 Å². The largest absolute Gasteiger partial charge is 0.344 e. The number of ketones is 1. The van der Waals surface area contributed by atoms with Gasteiger partial charge in [0.2, 0.25) is 17.7 Å². The number of Topliss-reactive ketones (excluding diaryl/α,β-unsaturated/α-hetero) is 1. The number of hydrogen-bond acceptors (Lipinski definition) is 5. The van der Waals surface area contributed by atoms with Gasteiger partial charge in [-0.15, -0.1) is 0 Å². The van der Waals surface area contributed by atoms with Crippen molar-refractivity contribution in [2.24, 2.45) is 5.92 Å². The van der Waals surface area contributed by atoms with Gasteiger partial charge in [0, 0.05) is 37.7 Å². The Balaban J connectivity index is 0.00000392. The third-order valence-electron chi connectivity index (χ3n) is 4.91. The summed E-state index contributed by atoms with van der Waals surface area (Å²) >= 11 is 0. The van der Waals surface area contributed by atoms with E-state index in [0.29, 0.717) is 12.8 Å². The molecule has 0 saturated carbocycles. The Kier molecular flexibility index (Phi) is 9.83. The number of hydrogen-bond donors (Lipinski definition) is 4. The van der Waals surface area contributed by atoms with E-state index in [2.05, 4.69) is 21.3 Å². The Morgan fingerprint density at radius 2 is 1.61 bits per heavy atom. The van der Waals surface area contributed by atoms with E-state index < -0.39 is 36.0 Å². The van der Waals surface area contributed by atoms with Crippen LogP contribution in [-0.4, -0.2) is 54.7 Å². The molecule has 9 heteroatoms. The predicted octanol–water partition coefficient (Wildman–Crippen LogP) is -0.436. The minimum Gasteiger partial charge on any atom is -0.344 e. The second kappa shape index (κ2) is 11.1. The van der Waals surface area contributed by atoms with Crippen molar-refractivity contribution in [2.45, 2.75) is 57.8 Å². The molecule has 1 aliphatic heterocycles. The quantitative estimate of drug-likeness (QED) is 0.487. The third kappa shape index (κ3) is 6.69. The van der Waals surface area contributed by atoms with Crippen molar-refractivity contribution in [2.75, 3.05) is 7.05 Å². The van der Waals surface area contributed by atoms with Gasteiger partial charge in [-0.2, -0.15) is 0 Å².